The van der Waals surface area contributed by atoms with E-state index < -0.39 is 0 Å². The van der Waals surface area contributed by atoms with Crippen LogP contribution in [0.3, 0.4) is 0 Å². The average molecular weight is 198 g/mol. The Hall–Kier alpha value is -1.42. The molecule has 0 bridgehead atoms. The van der Waals surface area contributed by atoms with Gasteiger partial charge in [0, 0.05) is 12.2 Å². The van der Waals surface area contributed by atoms with E-state index in [2.05, 4.69) is 48.9 Å². The van der Waals surface area contributed by atoms with E-state index >= 15 is 0 Å². The van der Waals surface area contributed by atoms with Crippen molar-refractivity contribution in [3.63, 3.8) is 0 Å². The van der Waals surface area contributed by atoms with E-state index in [9.17, 15) is 0 Å². The van der Waals surface area contributed by atoms with Crippen LogP contribution in [0.15, 0.2) is 24.3 Å². The first-order valence-electron chi connectivity index (χ1n) is 5.33. The molecular weight excluding hydrogens is 182 g/mol. The summed E-state index contributed by atoms with van der Waals surface area (Å²) in [5, 5.41) is 0. The summed E-state index contributed by atoms with van der Waals surface area (Å²) >= 11 is 0. The Morgan fingerprint density at radius 2 is 2.07 bits per heavy atom. The fourth-order valence-corrected chi connectivity index (χ4v) is 2.13. The van der Waals surface area contributed by atoms with Gasteiger partial charge in [-0.05, 0) is 38.8 Å². The van der Waals surface area contributed by atoms with Crippen molar-refractivity contribution in [1.82, 2.24) is 0 Å². The van der Waals surface area contributed by atoms with Gasteiger partial charge >= 0.3 is 0 Å². The molecule has 1 fully saturated rings. The number of nitrogens with zero attached hydrogens (tertiary/aromatic N) is 1. The van der Waals surface area contributed by atoms with Crippen molar-refractivity contribution >= 4 is 5.69 Å². The summed E-state index contributed by atoms with van der Waals surface area (Å²) < 4.78 is 0. The largest absolute Gasteiger partial charge is 0.355 e. The zero-order chi connectivity index (χ0) is 10.9. The molecule has 1 saturated heterocycles. The Morgan fingerprint density at radius 1 is 1.40 bits per heavy atom. The predicted molar refractivity (Wildman–Crippen MR) is 64.7 cm³/mol. The quantitative estimate of drug-likeness (QED) is 0.627. The monoisotopic (exact) mass is 198 g/mol. The van der Waals surface area contributed by atoms with Crippen LogP contribution in [0, 0.1) is 26.2 Å². The Balaban J connectivity index is 2.32. The highest BCUT2D eigenvalue weighted by molar-refractivity contribution is 5.54. The molecule has 2 rings (SSSR count). The lowest BCUT2D eigenvalue weighted by molar-refractivity contribution is 0.669. The van der Waals surface area contributed by atoms with Crippen molar-refractivity contribution < 1.29 is 0 Å². The molecule has 1 aliphatic heterocycles. The van der Waals surface area contributed by atoms with Crippen LogP contribution in [0.2, 0.25) is 0 Å². The topological polar surface area (TPSA) is 3.24 Å². The number of anilines is 1. The van der Waals surface area contributed by atoms with Crippen molar-refractivity contribution in [3.05, 3.63) is 36.8 Å². The van der Waals surface area contributed by atoms with Crippen LogP contribution < -0.4 is 4.90 Å². The van der Waals surface area contributed by atoms with Crippen LogP contribution in [0.25, 0.3) is 0 Å². The number of rotatable bonds is 1. The Kier molecular flexibility index (Phi) is 2.44. The minimum Gasteiger partial charge on any atom is -0.355 e. The molecule has 1 radical (unpaired) electrons. The smallest absolute Gasteiger partial charge is 0.101 e. The molecular formula is C14H16N. The van der Waals surface area contributed by atoms with Gasteiger partial charge in [-0.15, -0.1) is 6.42 Å². The summed E-state index contributed by atoms with van der Waals surface area (Å²) in [5.74, 6) is 2.82. The lowest BCUT2D eigenvalue weighted by Crippen LogP contribution is -2.40. The highest BCUT2D eigenvalue weighted by Crippen LogP contribution is 2.33. The minimum absolute atomic E-state index is 0.338. The van der Waals surface area contributed by atoms with Gasteiger partial charge in [0.15, 0.2) is 0 Å². The summed E-state index contributed by atoms with van der Waals surface area (Å²) in [7, 11) is 0. The van der Waals surface area contributed by atoms with Gasteiger partial charge in [-0.3, -0.25) is 0 Å². The van der Waals surface area contributed by atoms with Crippen LogP contribution >= 0.6 is 0 Å². The molecule has 1 aromatic rings. The maximum absolute atomic E-state index is 5.57. The average Bonchev–Trinajstić information content (AvgIpc) is 2.63. The molecule has 1 aromatic carbocycles. The van der Waals surface area contributed by atoms with Gasteiger partial charge < -0.3 is 4.90 Å². The van der Waals surface area contributed by atoms with Crippen LogP contribution in [0.5, 0.6) is 0 Å². The zero-order valence-electron chi connectivity index (χ0n) is 9.16. The molecule has 1 heterocycles. The van der Waals surface area contributed by atoms with Crippen LogP contribution in [0.1, 0.15) is 18.4 Å². The summed E-state index contributed by atoms with van der Waals surface area (Å²) in [6.07, 6.45) is 7.68. The van der Waals surface area contributed by atoms with Crippen molar-refractivity contribution in [2.75, 3.05) is 11.4 Å². The second-order valence-corrected chi connectivity index (χ2v) is 4.27. The zero-order valence-corrected chi connectivity index (χ0v) is 9.16. The molecule has 1 nitrogen and oxygen atoms in total. The first-order valence-corrected chi connectivity index (χ1v) is 5.33. The molecule has 0 N–H and O–H groups in total. The Morgan fingerprint density at radius 3 is 2.67 bits per heavy atom. The second-order valence-electron chi connectivity index (χ2n) is 4.27. The molecule has 1 heteroatoms. The van der Waals surface area contributed by atoms with Crippen molar-refractivity contribution in [1.29, 1.82) is 0 Å². The van der Waals surface area contributed by atoms with E-state index in [-0.39, 0.29) is 5.54 Å². The third-order valence-corrected chi connectivity index (χ3v) is 3.10. The van der Waals surface area contributed by atoms with Gasteiger partial charge in [-0.1, -0.05) is 23.6 Å². The van der Waals surface area contributed by atoms with Gasteiger partial charge in [0.25, 0.3) is 0 Å². The standard InChI is InChI=1S/C14H16N/c1-4-14(3)10-5-11-15(14)13-8-6-12(2)7-9-13/h1,6-9H,3,5,10-11H2,2H3. The van der Waals surface area contributed by atoms with E-state index in [1.807, 2.05) is 0 Å². The van der Waals surface area contributed by atoms with Gasteiger partial charge in [0.05, 0.1) is 0 Å². The van der Waals surface area contributed by atoms with Gasteiger partial charge in [-0.2, -0.15) is 0 Å². The lowest BCUT2D eigenvalue weighted by Gasteiger charge is -2.32. The van der Waals surface area contributed by atoms with Crippen LogP contribution in [0.4, 0.5) is 5.69 Å². The molecule has 77 valence electrons. The second kappa shape index (κ2) is 3.62. The first kappa shape index (κ1) is 10.1. The third-order valence-electron chi connectivity index (χ3n) is 3.10. The molecule has 0 amide bonds. The fraction of sp³-hybridized carbons (Fsp3) is 0.357. The lowest BCUT2D eigenvalue weighted by atomic mass is 10.00. The van der Waals surface area contributed by atoms with E-state index in [1.165, 1.54) is 11.3 Å². The molecule has 15 heavy (non-hydrogen) atoms. The molecule has 0 saturated carbocycles. The van der Waals surface area contributed by atoms with Crippen molar-refractivity contribution in [2.24, 2.45) is 0 Å². The van der Waals surface area contributed by atoms with Gasteiger partial charge in [0.2, 0.25) is 0 Å². The van der Waals surface area contributed by atoms with Crippen molar-refractivity contribution in [2.45, 2.75) is 25.3 Å². The fourth-order valence-electron chi connectivity index (χ4n) is 2.13. The van der Waals surface area contributed by atoms with Crippen molar-refractivity contribution in [3.8, 4) is 12.3 Å². The molecule has 1 unspecified atom stereocenters. The minimum atomic E-state index is -0.338. The Labute approximate surface area is 92.1 Å². The normalized spacial score (nSPS) is 25.3. The Bertz CT molecular complexity index is 385. The van der Waals surface area contributed by atoms with Crippen LogP contribution in [-0.4, -0.2) is 12.1 Å². The number of benzene rings is 1. The number of terminal acetylenes is 1. The summed E-state index contributed by atoms with van der Waals surface area (Å²) in [4.78, 5) is 2.23. The van der Waals surface area contributed by atoms with E-state index in [0.717, 1.165) is 19.4 Å². The van der Waals surface area contributed by atoms with Crippen LogP contribution in [-0.2, 0) is 0 Å². The third kappa shape index (κ3) is 1.72. The van der Waals surface area contributed by atoms with E-state index in [1.54, 1.807) is 0 Å². The predicted octanol–water partition coefficient (Wildman–Crippen LogP) is 2.80. The maximum Gasteiger partial charge on any atom is 0.101 e. The number of hydrogen-bond donors (Lipinski definition) is 0. The number of aryl methyl sites for hydroxylation is 1. The summed E-state index contributed by atoms with van der Waals surface area (Å²) in [5.41, 5.74) is 2.12. The van der Waals surface area contributed by atoms with E-state index in [4.69, 9.17) is 6.42 Å². The molecule has 1 aliphatic rings. The molecule has 0 aliphatic carbocycles. The highest BCUT2D eigenvalue weighted by Gasteiger charge is 2.34. The summed E-state index contributed by atoms with van der Waals surface area (Å²) in [6, 6.07) is 8.48. The van der Waals surface area contributed by atoms with E-state index in [0.29, 0.717) is 0 Å². The first-order chi connectivity index (χ1) is 7.15. The molecule has 1 atom stereocenters. The highest BCUT2D eigenvalue weighted by atomic mass is 15.2. The number of hydrogen-bond acceptors (Lipinski definition) is 1. The van der Waals surface area contributed by atoms with Gasteiger partial charge in [0.1, 0.15) is 5.54 Å². The SMILES string of the molecule is C#CC1([CH2])CCCN1c1ccc(C)cc1. The maximum atomic E-state index is 5.57. The summed E-state index contributed by atoms with van der Waals surface area (Å²) in [6.45, 7) is 7.26. The molecule has 0 aromatic heterocycles. The molecule has 0 spiro atoms. The van der Waals surface area contributed by atoms with Gasteiger partial charge in [-0.25, -0.2) is 0 Å².